The molecule has 3 rings (SSSR count). The molecule has 1 aromatic heterocycles. The number of fused-ring (bicyclic) bond motifs is 1. The minimum Gasteiger partial charge on any atom is -0.493 e. The fourth-order valence-electron chi connectivity index (χ4n) is 2.83. The predicted molar refractivity (Wildman–Crippen MR) is 87.9 cm³/mol. The normalized spacial score (nSPS) is 15.0. The van der Waals surface area contributed by atoms with Gasteiger partial charge in [-0.1, -0.05) is 6.07 Å². The molecular weight excluding hydrogens is 306 g/mol. The molecular formula is C18H17N3O3. The van der Waals surface area contributed by atoms with Gasteiger partial charge in [0.05, 0.1) is 18.9 Å². The van der Waals surface area contributed by atoms with Crippen molar-refractivity contribution in [2.45, 2.75) is 12.8 Å². The number of ether oxygens (including phenoxy) is 2. The Balaban J connectivity index is 1.89. The summed E-state index contributed by atoms with van der Waals surface area (Å²) in [7, 11) is 3.39. The van der Waals surface area contributed by atoms with Crippen LogP contribution in [0.15, 0.2) is 30.0 Å². The second-order valence-corrected chi connectivity index (χ2v) is 5.48. The first kappa shape index (κ1) is 15.8. The van der Waals surface area contributed by atoms with E-state index >= 15 is 0 Å². The van der Waals surface area contributed by atoms with E-state index in [1.165, 1.54) is 0 Å². The molecule has 0 amide bonds. The lowest BCUT2D eigenvalue weighted by Gasteiger charge is -2.15. The van der Waals surface area contributed by atoms with Gasteiger partial charge in [0.15, 0.2) is 23.9 Å². The number of ketones is 1. The van der Waals surface area contributed by atoms with Crippen molar-refractivity contribution in [1.82, 2.24) is 9.78 Å². The van der Waals surface area contributed by atoms with Crippen LogP contribution in [-0.2, 0) is 13.5 Å². The maximum Gasteiger partial charge on any atom is 0.192 e. The topological polar surface area (TPSA) is 77.1 Å². The van der Waals surface area contributed by atoms with E-state index in [-0.39, 0.29) is 12.4 Å². The molecule has 0 bridgehead atoms. The fraction of sp³-hybridized carbons (Fsp3) is 0.278. The Hall–Kier alpha value is -3.07. The third-order valence-electron chi connectivity index (χ3n) is 4.05. The second kappa shape index (κ2) is 6.59. The van der Waals surface area contributed by atoms with Crippen LogP contribution in [0, 0.1) is 11.3 Å². The molecule has 0 aliphatic heterocycles. The summed E-state index contributed by atoms with van der Waals surface area (Å²) in [5.74, 6) is 1.06. The molecule has 1 aromatic carbocycles. The van der Waals surface area contributed by atoms with Crippen molar-refractivity contribution in [3.8, 4) is 17.6 Å². The van der Waals surface area contributed by atoms with Crippen molar-refractivity contribution in [2.75, 3.05) is 13.7 Å². The molecule has 6 nitrogen and oxygen atoms in total. The quantitative estimate of drug-likeness (QED) is 0.808. The first-order valence-electron chi connectivity index (χ1n) is 7.58. The van der Waals surface area contributed by atoms with Gasteiger partial charge in [-0.05, 0) is 36.6 Å². The van der Waals surface area contributed by atoms with Gasteiger partial charge in [0, 0.05) is 18.3 Å². The molecule has 0 saturated carbocycles. The highest BCUT2D eigenvalue weighted by Crippen LogP contribution is 2.31. The number of carbonyl (C=O) groups excluding carboxylic acids is 1. The van der Waals surface area contributed by atoms with Crippen molar-refractivity contribution >= 4 is 11.9 Å². The lowest BCUT2D eigenvalue weighted by Crippen LogP contribution is -2.14. The second-order valence-electron chi connectivity index (χ2n) is 5.48. The van der Waals surface area contributed by atoms with Crippen molar-refractivity contribution in [3.05, 3.63) is 46.8 Å². The number of aromatic nitrogens is 2. The number of hydrogen-bond acceptors (Lipinski definition) is 5. The van der Waals surface area contributed by atoms with Crippen LogP contribution in [0.2, 0.25) is 0 Å². The highest BCUT2D eigenvalue weighted by atomic mass is 16.5. The average molecular weight is 323 g/mol. The summed E-state index contributed by atoms with van der Waals surface area (Å²) < 4.78 is 12.4. The van der Waals surface area contributed by atoms with Crippen molar-refractivity contribution in [3.63, 3.8) is 0 Å². The van der Waals surface area contributed by atoms with E-state index in [1.54, 1.807) is 30.1 Å². The van der Waals surface area contributed by atoms with Crippen LogP contribution in [0.4, 0.5) is 0 Å². The molecule has 24 heavy (non-hydrogen) atoms. The maximum atomic E-state index is 12.6. The molecule has 2 aromatic rings. The highest BCUT2D eigenvalue weighted by Gasteiger charge is 2.25. The Bertz CT molecular complexity index is 859. The van der Waals surface area contributed by atoms with Gasteiger partial charge in [0.2, 0.25) is 0 Å². The number of Topliss-reactive ketones (excluding diaryl/α,β-unsaturated/α-hetero) is 1. The van der Waals surface area contributed by atoms with E-state index in [4.69, 9.17) is 14.7 Å². The van der Waals surface area contributed by atoms with Crippen LogP contribution >= 0.6 is 0 Å². The monoisotopic (exact) mass is 323 g/mol. The molecule has 0 N–H and O–H groups in total. The largest absolute Gasteiger partial charge is 0.493 e. The fourth-order valence-corrected chi connectivity index (χ4v) is 2.83. The highest BCUT2D eigenvalue weighted by molar-refractivity contribution is 6.12. The van der Waals surface area contributed by atoms with Gasteiger partial charge in [-0.25, -0.2) is 0 Å². The molecule has 6 heteroatoms. The maximum absolute atomic E-state index is 12.6. The zero-order valence-corrected chi connectivity index (χ0v) is 13.6. The number of benzene rings is 1. The van der Waals surface area contributed by atoms with Gasteiger partial charge in [-0.15, -0.1) is 0 Å². The zero-order chi connectivity index (χ0) is 17.1. The summed E-state index contributed by atoms with van der Waals surface area (Å²) in [4.78, 5) is 12.6. The predicted octanol–water partition coefficient (Wildman–Crippen LogP) is 2.54. The first-order chi connectivity index (χ1) is 11.6. The molecule has 122 valence electrons. The molecule has 0 fully saturated rings. The Labute approximate surface area is 139 Å². The standard InChI is InChI=1S/C18H17N3O3/c1-21-15-5-4-13(18(22)14(15)11-20-21)9-12-3-6-16(24-8-7-19)17(10-12)23-2/h3,6,9-11H,4-5,8H2,1-2H3/b13-9-. The minimum atomic E-state index is -0.0426. The number of rotatable bonds is 4. The SMILES string of the molecule is COc1cc(/C=C2/CCc3c(cnn3C)C2=O)ccc1OCC#N. The van der Waals surface area contributed by atoms with Crippen LogP contribution in [0.1, 0.15) is 28.0 Å². The van der Waals surface area contributed by atoms with Crippen molar-refractivity contribution in [1.29, 1.82) is 5.26 Å². The zero-order valence-electron chi connectivity index (χ0n) is 13.6. The lowest BCUT2D eigenvalue weighted by molar-refractivity contribution is 0.102. The Kier molecular flexibility index (Phi) is 4.34. The Morgan fingerprint density at radius 2 is 2.21 bits per heavy atom. The molecule has 1 heterocycles. The minimum absolute atomic E-state index is 0.0214. The van der Waals surface area contributed by atoms with E-state index in [1.807, 2.05) is 25.3 Å². The number of carbonyl (C=O) groups is 1. The van der Waals surface area contributed by atoms with Crippen molar-refractivity contribution < 1.29 is 14.3 Å². The molecule has 1 aliphatic carbocycles. The number of nitrogens with zero attached hydrogens (tertiary/aromatic N) is 3. The average Bonchev–Trinajstić information content (AvgIpc) is 2.98. The molecule has 0 radical (unpaired) electrons. The van der Waals surface area contributed by atoms with Gasteiger partial charge >= 0.3 is 0 Å². The number of aryl methyl sites for hydroxylation is 1. The van der Waals surface area contributed by atoms with E-state index in [0.29, 0.717) is 23.5 Å². The number of nitriles is 1. The van der Waals surface area contributed by atoms with Gasteiger partial charge in [0.25, 0.3) is 0 Å². The lowest BCUT2D eigenvalue weighted by atomic mass is 9.90. The molecule has 0 atom stereocenters. The summed E-state index contributed by atoms with van der Waals surface area (Å²) >= 11 is 0. The molecule has 0 saturated heterocycles. The number of methoxy groups -OCH3 is 1. The van der Waals surface area contributed by atoms with Crippen LogP contribution in [-0.4, -0.2) is 29.3 Å². The van der Waals surface area contributed by atoms with E-state index in [0.717, 1.165) is 23.3 Å². The smallest absolute Gasteiger partial charge is 0.192 e. The van der Waals surface area contributed by atoms with Gasteiger partial charge < -0.3 is 9.47 Å². The van der Waals surface area contributed by atoms with Crippen LogP contribution in [0.25, 0.3) is 6.08 Å². The van der Waals surface area contributed by atoms with Crippen LogP contribution < -0.4 is 9.47 Å². The van der Waals surface area contributed by atoms with Crippen LogP contribution in [0.3, 0.4) is 0 Å². The number of allylic oxidation sites excluding steroid dienone is 1. The van der Waals surface area contributed by atoms with E-state index in [2.05, 4.69) is 5.10 Å². The molecule has 0 unspecified atom stereocenters. The first-order valence-corrected chi connectivity index (χ1v) is 7.58. The van der Waals surface area contributed by atoms with E-state index < -0.39 is 0 Å². The number of hydrogen-bond donors (Lipinski definition) is 0. The third kappa shape index (κ3) is 2.88. The third-order valence-corrected chi connectivity index (χ3v) is 4.05. The van der Waals surface area contributed by atoms with Gasteiger partial charge in [-0.2, -0.15) is 10.4 Å². The summed E-state index contributed by atoms with van der Waals surface area (Å²) in [5.41, 5.74) is 3.26. The summed E-state index contributed by atoms with van der Waals surface area (Å²) in [6.45, 7) is -0.0426. The van der Waals surface area contributed by atoms with Crippen molar-refractivity contribution in [2.24, 2.45) is 7.05 Å². The van der Waals surface area contributed by atoms with Gasteiger partial charge in [-0.3, -0.25) is 9.48 Å². The van der Waals surface area contributed by atoms with Gasteiger partial charge in [0.1, 0.15) is 6.07 Å². The summed E-state index contributed by atoms with van der Waals surface area (Å²) in [5, 5.41) is 12.8. The summed E-state index contributed by atoms with van der Waals surface area (Å²) in [6.07, 6.45) is 4.98. The molecule has 0 spiro atoms. The Morgan fingerprint density at radius 3 is 2.96 bits per heavy atom. The Morgan fingerprint density at radius 1 is 1.38 bits per heavy atom. The molecule has 1 aliphatic rings. The summed E-state index contributed by atoms with van der Waals surface area (Å²) in [6, 6.07) is 7.30. The van der Waals surface area contributed by atoms with Crippen LogP contribution in [0.5, 0.6) is 11.5 Å². The van der Waals surface area contributed by atoms with E-state index in [9.17, 15) is 4.79 Å².